The van der Waals surface area contributed by atoms with Crippen molar-refractivity contribution in [3.63, 3.8) is 0 Å². The van der Waals surface area contributed by atoms with Gasteiger partial charge in [0.2, 0.25) is 0 Å². The Morgan fingerprint density at radius 2 is 2.03 bits per heavy atom. The number of aromatic nitrogens is 1. The minimum atomic E-state index is -0.446. The number of halogens is 1. The number of fused-ring (bicyclic) bond motifs is 3. The van der Waals surface area contributed by atoms with Gasteiger partial charge < -0.3 is 14.5 Å². The third-order valence-corrected chi connectivity index (χ3v) is 8.50. The van der Waals surface area contributed by atoms with E-state index in [0.717, 1.165) is 59.4 Å². The summed E-state index contributed by atoms with van der Waals surface area (Å²) in [7, 11) is 0. The van der Waals surface area contributed by atoms with Crippen molar-refractivity contribution in [3.05, 3.63) is 63.8 Å². The van der Waals surface area contributed by atoms with Gasteiger partial charge >= 0.3 is 5.97 Å². The summed E-state index contributed by atoms with van der Waals surface area (Å²) in [5.74, 6) is 1.04. The molecule has 0 saturated carbocycles. The van der Waals surface area contributed by atoms with Crippen molar-refractivity contribution >= 4 is 28.5 Å². The summed E-state index contributed by atoms with van der Waals surface area (Å²) in [6.45, 7) is 6.05. The molecular formula is C28H31ClN2O3. The first-order chi connectivity index (χ1) is 16.5. The van der Waals surface area contributed by atoms with Crippen LogP contribution < -0.4 is 4.74 Å². The van der Waals surface area contributed by atoms with Crippen molar-refractivity contribution in [1.29, 1.82) is 0 Å². The van der Waals surface area contributed by atoms with Crippen molar-refractivity contribution < 1.29 is 14.3 Å². The fraction of sp³-hybridized carbons (Fsp3) is 0.464. The minimum absolute atomic E-state index is 0.179. The molecule has 1 N–H and O–H groups in total. The van der Waals surface area contributed by atoms with Gasteiger partial charge in [-0.1, -0.05) is 29.8 Å². The molecule has 5 nitrogen and oxygen atoms in total. The van der Waals surface area contributed by atoms with Crippen LogP contribution in [0.3, 0.4) is 0 Å². The van der Waals surface area contributed by atoms with Crippen LogP contribution in [0, 0.1) is 12.8 Å². The summed E-state index contributed by atoms with van der Waals surface area (Å²) >= 11 is 6.35. The summed E-state index contributed by atoms with van der Waals surface area (Å²) in [5.41, 5.74) is 4.17. The summed E-state index contributed by atoms with van der Waals surface area (Å²) in [5, 5.41) is 1.55. The highest BCUT2D eigenvalue weighted by atomic mass is 35.5. The van der Waals surface area contributed by atoms with Crippen LogP contribution in [0.5, 0.6) is 5.75 Å². The maximum atomic E-state index is 13.5. The third-order valence-electron chi connectivity index (χ3n) is 8.15. The number of aromatic amines is 1. The van der Waals surface area contributed by atoms with Gasteiger partial charge in [0.1, 0.15) is 11.9 Å². The highest BCUT2D eigenvalue weighted by Gasteiger charge is 2.52. The molecule has 178 valence electrons. The quantitative estimate of drug-likeness (QED) is 0.432. The number of hydrogen-bond acceptors (Lipinski definition) is 4. The van der Waals surface area contributed by atoms with Gasteiger partial charge in [0.15, 0.2) is 5.72 Å². The molecule has 0 bridgehead atoms. The summed E-state index contributed by atoms with van der Waals surface area (Å²) in [4.78, 5) is 19.5. The van der Waals surface area contributed by atoms with Crippen LogP contribution in [0.15, 0.2) is 36.4 Å². The summed E-state index contributed by atoms with van der Waals surface area (Å²) in [6.07, 6.45) is 6.41. The zero-order valence-corrected chi connectivity index (χ0v) is 20.6. The number of carbonyl (C=O) groups is 1. The van der Waals surface area contributed by atoms with E-state index in [4.69, 9.17) is 21.1 Å². The monoisotopic (exact) mass is 478 g/mol. The smallest absolute Gasteiger partial charge is 0.341 e. The Labute approximate surface area is 205 Å². The second-order valence-corrected chi connectivity index (χ2v) is 10.5. The van der Waals surface area contributed by atoms with Crippen LogP contribution in [-0.2, 0) is 11.2 Å². The van der Waals surface area contributed by atoms with E-state index in [1.807, 2.05) is 44.2 Å². The first-order valence-corrected chi connectivity index (χ1v) is 12.9. The fourth-order valence-corrected chi connectivity index (χ4v) is 6.84. The molecule has 3 aliphatic rings. The lowest BCUT2D eigenvalue weighted by Crippen LogP contribution is -2.64. The Morgan fingerprint density at radius 3 is 2.88 bits per heavy atom. The molecule has 0 amide bonds. The van der Waals surface area contributed by atoms with Crippen LogP contribution in [0.4, 0.5) is 0 Å². The van der Waals surface area contributed by atoms with Gasteiger partial charge in [-0.25, -0.2) is 4.79 Å². The van der Waals surface area contributed by atoms with Crippen LogP contribution >= 0.6 is 11.6 Å². The molecule has 6 heteroatoms. The topological polar surface area (TPSA) is 54.6 Å². The predicted octanol–water partition coefficient (Wildman–Crippen LogP) is 6.57. The number of piperidine rings is 2. The highest BCUT2D eigenvalue weighted by molar-refractivity contribution is 6.31. The lowest BCUT2D eigenvalue weighted by Gasteiger charge is -2.56. The molecule has 2 saturated heterocycles. The maximum Gasteiger partial charge on any atom is 0.341 e. The second kappa shape index (κ2) is 8.31. The molecule has 2 fully saturated rings. The van der Waals surface area contributed by atoms with Gasteiger partial charge in [0.05, 0.1) is 5.56 Å². The number of rotatable bonds is 3. The molecule has 34 heavy (non-hydrogen) atoms. The fourth-order valence-electron chi connectivity index (χ4n) is 6.55. The molecule has 1 spiro atoms. The molecule has 3 aliphatic heterocycles. The van der Waals surface area contributed by atoms with E-state index in [2.05, 4.69) is 16.0 Å². The molecule has 2 aromatic carbocycles. The zero-order valence-electron chi connectivity index (χ0n) is 19.8. The third kappa shape index (κ3) is 3.36. The van der Waals surface area contributed by atoms with Crippen molar-refractivity contribution in [2.45, 2.75) is 64.2 Å². The second-order valence-electron chi connectivity index (χ2n) is 10.1. The first-order valence-electron chi connectivity index (χ1n) is 12.5. The molecule has 1 aromatic heterocycles. The Hall–Kier alpha value is -2.50. The number of hydrogen-bond donors (Lipinski definition) is 1. The molecule has 0 aliphatic carbocycles. The normalized spacial score (nSPS) is 25.1. The van der Waals surface area contributed by atoms with Crippen molar-refractivity contribution in [1.82, 2.24) is 9.88 Å². The van der Waals surface area contributed by atoms with E-state index in [-0.39, 0.29) is 11.7 Å². The number of aryl methyl sites for hydroxylation is 1. The Kier molecular flexibility index (Phi) is 5.38. The summed E-state index contributed by atoms with van der Waals surface area (Å²) in [6, 6.07) is 11.6. The average molecular weight is 479 g/mol. The largest absolute Gasteiger partial charge is 0.472 e. The van der Waals surface area contributed by atoms with Gasteiger partial charge in [-0.2, -0.15) is 0 Å². The molecule has 6 rings (SSSR count). The maximum absolute atomic E-state index is 13.5. The summed E-state index contributed by atoms with van der Waals surface area (Å²) < 4.78 is 12.8. The molecule has 0 radical (unpaired) electrons. The molecule has 4 heterocycles. The lowest BCUT2D eigenvalue weighted by atomic mass is 9.74. The van der Waals surface area contributed by atoms with E-state index in [0.29, 0.717) is 16.5 Å². The van der Waals surface area contributed by atoms with E-state index >= 15 is 0 Å². The number of esters is 1. The van der Waals surface area contributed by atoms with E-state index < -0.39 is 6.10 Å². The van der Waals surface area contributed by atoms with Crippen LogP contribution in [-0.4, -0.2) is 34.7 Å². The minimum Gasteiger partial charge on any atom is -0.472 e. The van der Waals surface area contributed by atoms with Crippen molar-refractivity contribution in [2.24, 2.45) is 5.92 Å². The number of ether oxygens (including phenoxy) is 2. The zero-order chi connectivity index (χ0) is 23.4. The number of nitrogens with zero attached hydrogens (tertiary/aromatic N) is 1. The predicted molar refractivity (Wildman–Crippen MR) is 134 cm³/mol. The molecule has 3 atom stereocenters. The lowest BCUT2D eigenvalue weighted by molar-refractivity contribution is -0.177. The number of carbonyl (C=O) groups excluding carboxylic acids is 1. The number of nitrogens with one attached hydrogen (secondary N) is 1. The van der Waals surface area contributed by atoms with Crippen LogP contribution in [0.1, 0.15) is 72.3 Å². The van der Waals surface area contributed by atoms with E-state index in [9.17, 15) is 4.79 Å². The first kappa shape index (κ1) is 22.0. The average Bonchev–Trinajstić information content (AvgIpc) is 3.18. The van der Waals surface area contributed by atoms with Crippen LogP contribution in [0.25, 0.3) is 10.9 Å². The standard InChI is InChI=1S/C28H31ClN2O3/c1-17-25(27(32)33-18(2)20-9-3-4-10-22(20)29)26-21-16-19-8-7-15-31-14-6-5-13-28(19,31)34-24(21)12-11-23(26)30-17/h3-4,9-12,18-19,30H,5-8,13-16H2,1-2H3. The number of benzene rings is 2. The Morgan fingerprint density at radius 1 is 1.21 bits per heavy atom. The van der Waals surface area contributed by atoms with E-state index in [1.165, 1.54) is 25.7 Å². The van der Waals surface area contributed by atoms with E-state index in [1.54, 1.807) is 0 Å². The molecule has 3 unspecified atom stereocenters. The van der Waals surface area contributed by atoms with Crippen molar-refractivity contribution in [3.8, 4) is 5.75 Å². The van der Waals surface area contributed by atoms with Gasteiger partial charge in [-0.3, -0.25) is 4.90 Å². The van der Waals surface area contributed by atoms with Gasteiger partial charge in [0, 0.05) is 58.2 Å². The Balaban J connectivity index is 1.39. The van der Waals surface area contributed by atoms with Gasteiger partial charge in [-0.05, 0) is 64.2 Å². The van der Waals surface area contributed by atoms with Gasteiger partial charge in [0.25, 0.3) is 0 Å². The molecule has 3 aromatic rings. The SMILES string of the molecule is Cc1[nH]c2ccc3c(c2c1C(=O)OC(C)c1ccccc1Cl)CC1CCCN2CCCCC12O3. The number of H-pyrrole nitrogens is 1. The van der Waals surface area contributed by atoms with Gasteiger partial charge in [-0.15, -0.1) is 0 Å². The molecular weight excluding hydrogens is 448 g/mol. The Bertz CT molecular complexity index is 1270. The van der Waals surface area contributed by atoms with Crippen molar-refractivity contribution in [2.75, 3.05) is 13.1 Å². The van der Waals surface area contributed by atoms with Crippen LogP contribution in [0.2, 0.25) is 5.02 Å². The highest BCUT2D eigenvalue weighted by Crippen LogP contribution is 2.50.